The normalized spacial score (nSPS) is 10.9. The summed E-state index contributed by atoms with van der Waals surface area (Å²) in [6, 6.07) is 0. The maximum atomic E-state index is 4.31. The summed E-state index contributed by atoms with van der Waals surface area (Å²) >= 11 is 0. The van der Waals surface area contributed by atoms with Crippen molar-refractivity contribution in [1.82, 2.24) is 29.6 Å². The Morgan fingerprint density at radius 3 is 2.88 bits per heavy atom. The molecule has 0 saturated carbocycles. The molecule has 0 spiro atoms. The fourth-order valence-electron chi connectivity index (χ4n) is 1.50. The summed E-state index contributed by atoms with van der Waals surface area (Å²) in [4.78, 5) is 8.50. The number of nitrogens with zero attached hydrogens (tertiary/aromatic N) is 5. The van der Waals surface area contributed by atoms with E-state index in [0.717, 1.165) is 24.7 Å². The molecule has 0 amide bonds. The van der Waals surface area contributed by atoms with Crippen molar-refractivity contribution in [3.8, 4) is 0 Å². The summed E-state index contributed by atoms with van der Waals surface area (Å²) in [7, 11) is 1.89. The molecule has 86 valence electrons. The Morgan fingerprint density at radius 2 is 2.19 bits per heavy atom. The topological polar surface area (TPSA) is 60.6 Å². The zero-order chi connectivity index (χ0) is 11.4. The smallest absolute Gasteiger partial charge is 0.146 e. The summed E-state index contributed by atoms with van der Waals surface area (Å²) in [5, 5.41) is 7.30. The molecule has 0 bridgehead atoms. The number of imidazole rings is 1. The van der Waals surface area contributed by atoms with Gasteiger partial charge in [0, 0.05) is 19.4 Å². The van der Waals surface area contributed by atoms with Gasteiger partial charge in [-0.25, -0.2) is 9.97 Å². The Kier molecular flexibility index (Phi) is 3.31. The second kappa shape index (κ2) is 4.89. The third-order valence-electron chi connectivity index (χ3n) is 2.45. The maximum absolute atomic E-state index is 4.31. The third kappa shape index (κ3) is 2.27. The first-order valence-corrected chi connectivity index (χ1v) is 5.35. The van der Waals surface area contributed by atoms with E-state index in [-0.39, 0.29) is 0 Å². The first-order valence-electron chi connectivity index (χ1n) is 5.35. The van der Waals surface area contributed by atoms with E-state index in [1.54, 1.807) is 11.0 Å². The van der Waals surface area contributed by atoms with Gasteiger partial charge in [-0.15, -0.1) is 0 Å². The zero-order valence-corrected chi connectivity index (χ0v) is 9.59. The number of aryl methyl sites for hydroxylation is 1. The highest BCUT2D eigenvalue weighted by molar-refractivity contribution is 4.96. The van der Waals surface area contributed by atoms with Crippen molar-refractivity contribution in [2.24, 2.45) is 7.05 Å². The third-order valence-corrected chi connectivity index (χ3v) is 2.45. The molecule has 0 unspecified atom stereocenters. The minimum absolute atomic E-state index is 0.706. The van der Waals surface area contributed by atoms with E-state index < -0.39 is 0 Å². The number of nitrogens with one attached hydrogen (secondary N) is 1. The molecule has 2 aromatic heterocycles. The van der Waals surface area contributed by atoms with Crippen LogP contribution in [0.5, 0.6) is 0 Å². The van der Waals surface area contributed by atoms with Gasteiger partial charge in [0.25, 0.3) is 0 Å². The van der Waals surface area contributed by atoms with Crippen LogP contribution in [0.15, 0.2) is 18.7 Å². The second-order valence-corrected chi connectivity index (χ2v) is 3.55. The molecule has 0 atom stereocenters. The van der Waals surface area contributed by atoms with Crippen LogP contribution in [0.3, 0.4) is 0 Å². The van der Waals surface area contributed by atoms with Gasteiger partial charge in [0.05, 0.1) is 13.1 Å². The Hall–Kier alpha value is -1.69. The van der Waals surface area contributed by atoms with Crippen molar-refractivity contribution in [3.63, 3.8) is 0 Å². The Labute approximate surface area is 94.3 Å². The summed E-state index contributed by atoms with van der Waals surface area (Å²) in [5.41, 5.74) is 0. The monoisotopic (exact) mass is 220 g/mol. The lowest BCUT2D eigenvalue weighted by molar-refractivity contribution is 0.603. The van der Waals surface area contributed by atoms with Crippen LogP contribution in [0.4, 0.5) is 0 Å². The van der Waals surface area contributed by atoms with E-state index in [9.17, 15) is 0 Å². The van der Waals surface area contributed by atoms with Crippen molar-refractivity contribution < 1.29 is 0 Å². The van der Waals surface area contributed by atoms with Gasteiger partial charge in [-0.2, -0.15) is 5.10 Å². The molecule has 2 heterocycles. The highest BCUT2D eigenvalue weighted by Crippen LogP contribution is 2.01. The first-order chi connectivity index (χ1) is 7.81. The van der Waals surface area contributed by atoms with E-state index in [4.69, 9.17) is 0 Å². The molecule has 6 heteroatoms. The number of rotatable bonds is 5. The van der Waals surface area contributed by atoms with Crippen molar-refractivity contribution in [1.29, 1.82) is 0 Å². The molecule has 16 heavy (non-hydrogen) atoms. The molecule has 0 radical (unpaired) electrons. The number of hydrogen-bond acceptors (Lipinski definition) is 4. The van der Waals surface area contributed by atoms with Crippen LogP contribution in [0.25, 0.3) is 0 Å². The Morgan fingerprint density at radius 1 is 1.31 bits per heavy atom. The van der Waals surface area contributed by atoms with Gasteiger partial charge in [-0.05, 0) is 6.54 Å². The molecule has 1 N–H and O–H groups in total. The SMILES string of the molecule is CCNCc1nccn1Cc1ncnn1C. The molecular formula is C10H16N6. The average Bonchev–Trinajstić information content (AvgIpc) is 2.87. The quantitative estimate of drug-likeness (QED) is 0.780. The van der Waals surface area contributed by atoms with Crippen LogP contribution < -0.4 is 5.32 Å². The predicted molar refractivity (Wildman–Crippen MR) is 59.7 cm³/mol. The second-order valence-electron chi connectivity index (χ2n) is 3.55. The fraction of sp³-hybridized carbons (Fsp3) is 0.500. The van der Waals surface area contributed by atoms with Gasteiger partial charge in [0.15, 0.2) is 0 Å². The van der Waals surface area contributed by atoms with Gasteiger partial charge in [-0.3, -0.25) is 4.68 Å². The largest absolute Gasteiger partial charge is 0.326 e. The van der Waals surface area contributed by atoms with E-state index in [1.807, 2.05) is 19.4 Å². The van der Waals surface area contributed by atoms with Gasteiger partial charge < -0.3 is 9.88 Å². The van der Waals surface area contributed by atoms with Crippen molar-refractivity contribution in [2.75, 3.05) is 6.54 Å². The van der Waals surface area contributed by atoms with Crippen molar-refractivity contribution >= 4 is 0 Å². The van der Waals surface area contributed by atoms with E-state index >= 15 is 0 Å². The molecule has 2 aromatic rings. The highest BCUT2D eigenvalue weighted by Gasteiger charge is 2.06. The molecule has 0 aromatic carbocycles. The van der Waals surface area contributed by atoms with E-state index in [2.05, 4.69) is 31.9 Å². The lowest BCUT2D eigenvalue weighted by Gasteiger charge is -2.07. The minimum Gasteiger partial charge on any atom is -0.326 e. The minimum atomic E-state index is 0.706. The van der Waals surface area contributed by atoms with E-state index in [0.29, 0.717) is 6.54 Å². The molecule has 0 aliphatic heterocycles. The Balaban J connectivity index is 2.09. The summed E-state index contributed by atoms with van der Waals surface area (Å²) in [5.74, 6) is 1.94. The number of aromatic nitrogens is 5. The van der Waals surface area contributed by atoms with Crippen molar-refractivity contribution in [2.45, 2.75) is 20.0 Å². The van der Waals surface area contributed by atoms with Crippen LogP contribution in [-0.4, -0.2) is 30.9 Å². The standard InChI is InChI=1S/C10H16N6/c1-3-11-6-9-12-4-5-16(9)7-10-13-8-14-15(10)2/h4-5,8,11H,3,6-7H2,1-2H3. The molecule has 0 fully saturated rings. The predicted octanol–water partition coefficient (Wildman–Crippen LogP) is 0.169. The van der Waals surface area contributed by atoms with Crippen LogP contribution in [0.2, 0.25) is 0 Å². The average molecular weight is 220 g/mol. The molecular weight excluding hydrogens is 204 g/mol. The van der Waals surface area contributed by atoms with Crippen LogP contribution in [-0.2, 0) is 20.1 Å². The fourth-order valence-corrected chi connectivity index (χ4v) is 1.50. The molecule has 6 nitrogen and oxygen atoms in total. The van der Waals surface area contributed by atoms with Crippen LogP contribution in [0, 0.1) is 0 Å². The molecule has 0 aliphatic carbocycles. The lowest BCUT2D eigenvalue weighted by atomic mass is 10.5. The van der Waals surface area contributed by atoms with Crippen LogP contribution >= 0.6 is 0 Å². The van der Waals surface area contributed by atoms with Gasteiger partial charge >= 0.3 is 0 Å². The zero-order valence-electron chi connectivity index (χ0n) is 9.59. The molecule has 2 rings (SSSR count). The summed E-state index contributed by atoms with van der Waals surface area (Å²) < 4.78 is 3.85. The van der Waals surface area contributed by atoms with Crippen molar-refractivity contribution in [3.05, 3.63) is 30.4 Å². The van der Waals surface area contributed by atoms with Gasteiger partial charge in [0.1, 0.15) is 18.0 Å². The van der Waals surface area contributed by atoms with Gasteiger partial charge in [-0.1, -0.05) is 6.92 Å². The Bertz CT molecular complexity index is 444. The molecule has 0 aliphatic rings. The maximum Gasteiger partial charge on any atom is 0.146 e. The van der Waals surface area contributed by atoms with Gasteiger partial charge in [0.2, 0.25) is 0 Å². The lowest BCUT2D eigenvalue weighted by Crippen LogP contribution is -2.17. The highest BCUT2D eigenvalue weighted by atomic mass is 15.3. The van der Waals surface area contributed by atoms with Crippen LogP contribution in [0.1, 0.15) is 18.6 Å². The first kappa shape index (κ1) is 10.8. The summed E-state index contributed by atoms with van der Waals surface area (Å²) in [6.07, 6.45) is 5.33. The molecule has 0 saturated heterocycles. The summed E-state index contributed by atoms with van der Waals surface area (Å²) in [6.45, 7) is 4.51. The number of hydrogen-bond donors (Lipinski definition) is 1. The van der Waals surface area contributed by atoms with E-state index in [1.165, 1.54) is 0 Å².